The predicted molar refractivity (Wildman–Crippen MR) is 79.9 cm³/mol. The third-order valence-electron chi connectivity index (χ3n) is 3.37. The quantitative estimate of drug-likeness (QED) is 0.837. The summed E-state index contributed by atoms with van der Waals surface area (Å²) in [4.78, 5) is 25.2. The molecule has 0 aliphatic carbocycles. The number of carbonyl (C=O) groups excluding carboxylic acids is 2. The zero-order chi connectivity index (χ0) is 16.8. The van der Waals surface area contributed by atoms with Crippen LogP contribution in [-0.4, -0.2) is 56.1 Å². The Morgan fingerprint density at radius 3 is 2.65 bits per heavy atom. The fourth-order valence-electron chi connectivity index (χ4n) is 2.25. The molecule has 0 aromatic heterocycles. The molecule has 0 bridgehead atoms. The lowest BCUT2D eigenvalue weighted by molar-refractivity contribution is -0.134. The Balaban J connectivity index is 1.82. The van der Waals surface area contributed by atoms with Crippen LogP contribution in [0.4, 0.5) is 14.5 Å². The lowest BCUT2D eigenvalue weighted by Gasteiger charge is -2.25. The fourth-order valence-corrected chi connectivity index (χ4v) is 2.25. The van der Waals surface area contributed by atoms with Gasteiger partial charge in [0.15, 0.2) is 0 Å². The SMILES string of the molecule is CN(CC(=O)Nc1cc(F)cc(F)c1)C(=O)CC1COCCN1. The van der Waals surface area contributed by atoms with Crippen LogP contribution in [0.25, 0.3) is 0 Å². The lowest BCUT2D eigenvalue weighted by Crippen LogP contribution is -2.45. The van der Waals surface area contributed by atoms with Crippen LogP contribution in [0.3, 0.4) is 0 Å². The molecule has 2 rings (SSSR count). The van der Waals surface area contributed by atoms with Crippen molar-refractivity contribution >= 4 is 17.5 Å². The van der Waals surface area contributed by atoms with Crippen LogP contribution in [-0.2, 0) is 14.3 Å². The number of hydrogen-bond acceptors (Lipinski definition) is 4. The number of anilines is 1. The van der Waals surface area contributed by atoms with E-state index in [1.807, 2.05) is 0 Å². The number of nitrogens with one attached hydrogen (secondary N) is 2. The van der Waals surface area contributed by atoms with E-state index in [-0.39, 0.29) is 30.6 Å². The monoisotopic (exact) mass is 327 g/mol. The molecule has 23 heavy (non-hydrogen) atoms. The van der Waals surface area contributed by atoms with E-state index in [0.717, 1.165) is 12.1 Å². The molecular weight excluding hydrogens is 308 g/mol. The first-order valence-corrected chi connectivity index (χ1v) is 7.25. The van der Waals surface area contributed by atoms with Gasteiger partial charge in [0, 0.05) is 37.8 Å². The number of nitrogens with zero attached hydrogens (tertiary/aromatic N) is 1. The molecule has 1 atom stereocenters. The molecule has 2 amide bonds. The molecule has 1 unspecified atom stereocenters. The van der Waals surface area contributed by atoms with E-state index in [0.29, 0.717) is 25.8 Å². The summed E-state index contributed by atoms with van der Waals surface area (Å²) in [6.45, 7) is 1.55. The maximum absolute atomic E-state index is 13.1. The van der Waals surface area contributed by atoms with Crippen molar-refractivity contribution in [2.24, 2.45) is 0 Å². The molecule has 1 aromatic rings. The summed E-state index contributed by atoms with van der Waals surface area (Å²) >= 11 is 0. The summed E-state index contributed by atoms with van der Waals surface area (Å²) < 4.78 is 31.4. The van der Waals surface area contributed by atoms with E-state index in [4.69, 9.17) is 4.74 Å². The van der Waals surface area contributed by atoms with Crippen molar-refractivity contribution in [3.63, 3.8) is 0 Å². The van der Waals surface area contributed by atoms with Gasteiger partial charge in [0.2, 0.25) is 11.8 Å². The van der Waals surface area contributed by atoms with Crippen molar-refractivity contribution in [3.8, 4) is 0 Å². The van der Waals surface area contributed by atoms with Crippen molar-refractivity contribution in [2.75, 3.05) is 38.7 Å². The molecule has 1 aliphatic rings. The minimum atomic E-state index is -0.784. The Bertz CT molecular complexity index is 557. The first kappa shape index (κ1) is 17.3. The average Bonchev–Trinajstić information content (AvgIpc) is 2.46. The maximum Gasteiger partial charge on any atom is 0.243 e. The van der Waals surface area contributed by atoms with Gasteiger partial charge in [0.05, 0.1) is 19.8 Å². The highest BCUT2D eigenvalue weighted by Crippen LogP contribution is 2.12. The van der Waals surface area contributed by atoms with Crippen molar-refractivity contribution in [1.29, 1.82) is 0 Å². The van der Waals surface area contributed by atoms with Crippen LogP contribution in [0, 0.1) is 11.6 Å². The number of carbonyl (C=O) groups is 2. The molecule has 2 N–H and O–H groups in total. The Hall–Kier alpha value is -2.06. The van der Waals surface area contributed by atoms with Crippen LogP contribution in [0.15, 0.2) is 18.2 Å². The zero-order valence-electron chi connectivity index (χ0n) is 12.8. The second kappa shape index (κ2) is 7.98. The van der Waals surface area contributed by atoms with Gasteiger partial charge in [0.1, 0.15) is 11.6 Å². The van der Waals surface area contributed by atoms with Gasteiger partial charge < -0.3 is 20.3 Å². The molecule has 0 radical (unpaired) electrons. The molecule has 6 nitrogen and oxygen atoms in total. The Morgan fingerprint density at radius 2 is 2.04 bits per heavy atom. The number of amides is 2. The van der Waals surface area contributed by atoms with Crippen LogP contribution in [0.5, 0.6) is 0 Å². The number of rotatable bonds is 5. The Kier molecular flexibility index (Phi) is 6.00. The molecule has 1 aliphatic heterocycles. The predicted octanol–water partition coefficient (Wildman–Crippen LogP) is 0.740. The van der Waals surface area contributed by atoms with Crippen LogP contribution in [0.1, 0.15) is 6.42 Å². The highest BCUT2D eigenvalue weighted by Gasteiger charge is 2.20. The molecule has 1 fully saturated rings. The van der Waals surface area contributed by atoms with Gasteiger partial charge in [0.25, 0.3) is 0 Å². The standard InChI is InChI=1S/C15H19F2N3O3/c1-20(15(22)7-13-9-23-3-2-18-13)8-14(21)19-12-5-10(16)4-11(17)6-12/h4-6,13,18H,2-3,7-9H2,1H3,(H,19,21). The third-order valence-corrected chi connectivity index (χ3v) is 3.37. The molecular formula is C15H19F2N3O3. The first-order chi connectivity index (χ1) is 10.9. The number of benzene rings is 1. The lowest BCUT2D eigenvalue weighted by atomic mass is 10.2. The summed E-state index contributed by atoms with van der Waals surface area (Å²) in [5.74, 6) is -2.31. The minimum absolute atomic E-state index is 0.00990. The minimum Gasteiger partial charge on any atom is -0.378 e. The molecule has 0 spiro atoms. The number of ether oxygens (including phenoxy) is 1. The third kappa shape index (κ3) is 5.57. The first-order valence-electron chi connectivity index (χ1n) is 7.25. The normalized spacial score (nSPS) is 17.6. The number of halogens is 2. The van der Waals surface area contributed by atoms with E-state index in [1.54, 1.807) is 0 Å². The van der Waals surface area contributed by atoms with E-state index in [2.05, 4.69) is 10.6 Å². The van der Waals surface area contributed by atoms with Crippen molar-refractivity contribution in [2.45, 2.75) is 12.5 Å². The van der Waals surface area contributed by atoms with Crippen LogP contribution >= 0.6 is 0 Å². The van der Waals surface area contributed by atoms with Gasteiger partial charge in [-0.05, 0) is 12.1 Å². The second-order valence-electron chi connectivity index (χ2n) is 5.39. The van der Waals surface area contributed by atoms with E-state index < -0.39 is 17.5 Å². The smallest absolute Gasteiger partial charge is 0.243 e. The number of morpholine rings is 1. The van der Waals surface area contributed by atoms with Gasteiger partial charge in [-0.2, -0.15) is 0 Å². The average molecular weight is 327 g/mol. The Morgan fingerprint density at radius 1 is 1.35 bits per heavy atom. The summed E-state index contributed by atoms with van der Waals surface area (Å²) in [5, 5.41) is 5.51. The van der Waals surface area contributed by atoms with Gasteiger partial charge >= 0.3 is 0 Å². The maximum atomic E-state index is 13.1. The molecule has 8 heteroatoms. The van der Waals surface area contributed by atoms with Crippen LogP contribution in [0.2, 0.25) is 0 Å². The summed E-state index contributed by atoms with van der Waals surface area (Å²) in [6, 6.07) is 2.65. The summed E-state index contributed by atoms with van der Waals surface area (Å²) in [5.41, 5.74) is 0.00990. The number of likely N-dealkylation sites (N-methyl/N-ethyl adjacent to an activating group) is 1. The molecule has 1 heterocycles. The van der Waals surface area contributed by atoms with Gasteiger partial charge in [-0.1, -0.05) is 0 Å². The fraction of sp³-hybridized carbons (Fsp3) is 0.467. The molecule has 0 saturated carbocycles. The van der Waals surface area contributed by atoms with Gasteiger partial charge in [-0.25, -0.2) is 8.78 Å². The van der Waals surface area contributed by atoms with E-state index in [1.165, 1.54) is 11.9 Å². The van der Waals surface area contributed by atoms with Gasteiger partial charge in [-0.15, -0.1) is 0 Å². The summed E-state index contributed by atoms with van der Waals surface area (Å²) in [7, 11) is 1.50. The largest absolute Gasteiger partial charge is 0.378 e. The number of hydrogen-bond donors (Lipinski definition) is 2. The zero-order valence-corrected chi connectivity index (χ0v) is 12.8. The second-order valence-corrected chi connectivity index (χ2v) is 5.39. The highest BCUT2D eigenvalue weighted by molar-refractivity contribution is 5.94. The summed E-state index contributed by atoms with van der Waals surface area (Å²) in [6.07, 6.45) is 0.221. The van der Waals surface area contributed by atoms with Crippen molar-refractivity contribution in [3.05, 3.63) is 29.8 Å². The van der Waals surface area contributed by atoms with Gasteiger partial charge in [-0.3, -0.25) is 9.59 Å². The van der Waals surface area contributed by atoms with E-state index >= 15 is 0 Å². The van der Waals surface area contributed by atoms with Crippen molar-refractivity contribution < 1.29 is 23.1 Å². The van der Waals surface area contributed by atoms with E-state index in [9.17, 15) is 18.4 Å². The Labute approximate surface area is 132 Å². The molecule has 126 valence electrons. The van der Waals surface area contributed by atoms with Crippen LogP contribution < -0.4 is 10.6 Å². The van der Waals surface area contributed by atoms with Crippen molar-refractivity contribution in [1.82, 2.24) is 10.2 Å². The molecule has 1 saturated heterocycles. The highest BCUT2D eigenvalue weighted by atomic mass is 19.1. The molecule has 1 aromatic carbocycles. The topological polar surface area (TPSA) is 70.7 Å².